The number of alkyl halides is 3. The van der Waals surface area contributed by atoms with Crippen molar-refractivity contribution in [3.05, 3.63) is 24.3 Å². The number of anilines is 2. The molecule has 134 valence electrons. The lowest BCUT2D eigenvalue weighted by molar-refractivity contribution is -0.174. The van der Waals surface area contributed by atoms with Crippen LogP contribution >= 0.6 is 0 Å². The highest BCUT2D eigenvalue weighted by atomic mass is 32.2. The number of fused-ring (bicyclic) bond motifs is 1. The Balaban J connectivity index is 2.34. The van der Waals surface area contributed by atoms with Gasteiger partial charge < -0.3 is 5.32 Å². The summed E-state index contributed by atoms with van der Waals surface area (Å²) in [7, 11) is -4.44. The topological polar surface area (TPSA) is 66.5 Å². The highest BCUT2D eigenvalue weighted by molar-refractivity contribution is 7.92. The molecule has 0 aromatic heterocycles. The molecular weight excluding hydrogens is 357 g/mol. The van der Waals surface area contributed by atoms with Gasteiger partial charge in [-0.2, -0.15) is 13.2 Å². The Hall–Kier alpha value is -2.21. The van der Waals surface area contributed by atoms with E-state index in [1.54, 1.807) is 0 Å². The van der Waals surface area contributed by atoms with E-state index in [1.165, 1.54) is 31.2 Å². The van der Waals surface area contributed by atoms with E-state index in [-0.39, 0.29) is 21.6 Å². The number of hydrogen-bond acceptors (Lipinski definition) is 3. The van der Waals surface area contributed by atoms with E-state index in [1.807, 2.05) is 5.92 Å². The molecule has 1 unspecified atom stereocenters. The minimum atomic E-state index is -5.21. The zero-order valence-electron chi connectivity index (χ0n) is 13.2. The van der Waals surface area contributed by atoms with Crippen LogP contribution in [0.1, 0.15) is 19.8 Å². The smallest absolute Gasteiger partial charge is 0.321 e. The minimum absolute atomic E-state index is 0.00220. The summed E-state index contributed by atoms with van der Waals surface area (Å²) in [6, 6.07) is 5.47. The zero-order chi connectivity index (χ0) is 18.5. The van der Waals surface area contributed by atoms with Gasteiger partial charge in [0.15, 0.2) is 0 Å². The van der Waals surface area contributed by atoms with E-state index in [9.17, 15) is 26.4 Å². The van der Waals surface area contributed by atoms with Gasteiger partial charge in [-0.15, -0.1) is 0 Å². The van der Waals surface area contributed by atoms with Gasteiger partial charge in [0.1, 0.15) is 0 Å². The molecule has 1 heterocycles. The van der Waals surface area contributed by atoms with Crippen LogP contribution in [-0.2, 0) is 14.8 Å². The third kappa shape index (κ3) is 2.74. The summed E-state index contributed by atoms with van der Waals surface area (Å²) in [6.45, 7) is 1.22. The van der Waals surface area contributed by atoms with Crippen molar-refractivity contribution in [1.29, 1.82) is 0 Å². The lowest BCUT2D eigenvalue weighted by Crippen LogP contribution is -2.69. The highest BCUT2D eigenvalue weighted by Gasteiger charge is 2.68. The monoisotopic (exact) mass is 372 g/mol. The Morgan fingerprint density at radius 3 is 2.52 bits per heavy atom. The van der Waals surface area contributed by atoms with Crippen molar-refractivity contribution in [3.63, 3.8) is 0 Å². The van der Waals surface area contributed by atoms with Crippen molar-refractivity contribution in [2.45, 2.75) is 31.5 Å². The average Bonchev–Trinajstić information content (AvgIpc) is 3.35. The lowest BCUT2D eigenvalue weighted by Gasteiger charge is -2.43. The van der Waals surface area contributed by atoms with E-state index >= 15 is 0 Å². The fourth-order valence-corrected chi connectivity index (χ4v) is 3.95. The fraction of sp³-hybridized carbons (Fsp3) is 0.438. The first kappa shape index (κ1) is 17.6. The van der Waals surface area contributed by atoms with Crippen LogP contribution in [0.4, 0.5) is 24.5 Å². The number of amides is 1. The predicted molar refractivity (Wildman–Crippen MR) is 86.3 cm³/mol. The lowest BCUT2D eigenvalue weighted by atomic mass is 9.94. The van der Waals surface area contributed by atoms with Gasteiger partial charge in [-0.25, -0.2) is 12.7 Å². The third-order valence-electron chi connectivity index (χ3n) is 4.09. The molecule has 9 heteroatoms. The molecule has 1 saturated carbocycles. The number of para-hydroxylation sites is 2. The number of sulfonamides is 1. The van der Waals surface area contributed by atoms with Crippen molar-refractivity contribution >= 4 is 27.3 Å². The molecule has 0 radical (unpaired) electrons. The van der Waals surface area contributed by atoms with Crippen molar-refractivity contribution in [2.24, 2.45) is 5.92 Å². The van der Waals surface area contributed by atoms with Crippen molar-refractivity contribution in [2.75, 3.05) is 15.4 Å². The normalized spacial score (nSPS) is 23.4. The van der Waals surface area contributed by atoms with E-state index in [4.69, 9.17) is 0 Å². The van der Waals surface area contributed by atoms with Crippen molar-refractivity contribution in [1.82, 2.24) is 0 Å². The maximum absolute atomic E-state index is 14.1. The molecule has 5 nitrogen and oxygen atoms in total. The van der Waals surface area contributed by atoms with Crippen molar-refractivity contribution < 1.29 is 26.4 Å². The predicted octanol–water partition coefficient (Wildman–Crippen LogP) is 2.51. The SMILES string of the molecule is CCS(=O)(=O)N1c2ccccc2NC(=O)C1(C#CC1CC1)C(F)(F)F. The number of carbonyl (C=O) groups is 1. The summed E-state index contributed by atoms with van der Waals surface area (Å²) >= 11 is 0. The van der Waals surface area contributed by atoms with Crippen LogP contribution < -0.4 is 9.62 Å². The standard InChI is InChI=1S/C16H15F3N2O3S/c1-2-25(23,24)21-13-6-4-3-5-12(13)20-14(22)15(21,16(17,18)19)10-9-11-7-8-11/h3-6,11H,2,7-8H2,1H3,(H,20,22). The van der Waals surface area contributed by atoms with Crippen LogP contribution in [0, 0.1) is 17.8 Å². The van der Waals surface area contributed by atoms with Crippen LogP contribution in [0.5, 0.6) is 0 Å². The maximum Gasteiger partial charge on any atom is 0.433 e. The van der Waals surface area contributed by atoms with Gasteiger partial charge in [-0.05, 0) is 31.9 Å². The molecule has 1 aliphatic carbocycles. The molecule has 3 rings (SSSR count). The van der Waals surface area contributed by atoms with Gasteiger partial charge in [0.05, 0.1) is 17.1 Å². The number of nitrogens with zero attached hydrogens (tertiary/aromatic N) is 1. The zero-order valence-corrected chi connectivity index (χ0v) is 14.0. The second-order valence-electron chi connectivity index (χ2n) is 5.89. The molecule has 1 atom stereocenters. The van der Waals surface area contributed by atoms with Gasteiger partial charge >= 0.3 is 6.18 Å². The molecule has 1 fully saturated rings. The number of nitrogens with one attached hydrogen (secondary N) is 1. The first-order chi connectivity index (χ1) is 11.6. The van der Waals surface area contributed by atoms with Crippen LogP contribution in [0.25, 0.3) is 0 Å². The van der Waals surface area contributed by atoms with Crippen LogP contribution in [0.2, 0.25) is 0 Å². The highest BCUT2D eigenvalue weighted by Crippen LogP contribution is 2.46. The van der Waals surface area contributed by atoms with Crippen molar-refractivity contribution in [3.8, 4) is 11.8 Å². The largest absolute Gasteiger partial charge is 0.433 e. The Morgan fingerprint density at radius 1 is 1.32 bits per heavy atom. The van der Waals surface area contributed by atoms with Crippen LogP contribution in [0.3, 0.4) is 0 Å². The van der Waals surface area contributed by atoms with Gasteiger partial charge in [-0.1, -0.05) is 24.0 Å². The molecule has 1 N–H and O–H groups in total. The van der Waals surface area contributed by atoms with Gasteiger partial charge in [-0.3, -0.25) is 4.79 Å². The van der Waals surface area contributed by atoms with E-state index in [2.05, 4.69) is 11.2 Å². The van der Waals surface area contributed by atoms with Crippen LogP contribution in [0.15, 0.2) is 24.3 Å². The molecule has 1 aromatic carbocycles. The molecule has 1 aliphatic heterocycles. The second-order valence-corrected chi connectivity index (χ2v) is 7.99. The summed E-state index contributed by atoms with van der Waals surface area (Å²) in [5, 5.41) is 2.16. The molecule has 2 aliphatic rings. The minimum Gasteiger partial charge on any atom is -0.321 e. The first-order valence-electron chi connectivity index (χ1n) is 7.66. The number of hydrogen-bond donors (Lipinski definition) is 1. The quantitative estimate of drug-likeness (QED) is 0.812. The average molecular weight is 372 g/mol. The summed E-state index contributed by atoms with van der Waals surface area (Å²) in [5.41, 5.74) is -3.72. The third-order valence-corrected chi connectivity index (χ3v) is 5.85. The van der Waals surface area contributed by atoms with E-state index in [0.717, 1.165) is 0 Å². The number of halogens is 3. The number of benzene rings is 1. The summed E-state index contributed by atoms with van der Waals surface area (Å²) in [5.74, 6) is 2.05. The second kappa shape index (κ2) is 5.66. The molecule has 1 amide bonds. The fourth-order valence-electron chi connectivity index (χ4n) is 2.59. The number of carbonyl (C=O) groups excluding carboxylic acids is 1. The first-order valence-corrected chi connectivity index (χ1v) is 9.27. The molecule has 0 bridgehead atoms. The molecule has 0 spiro atoms. The number of rotatable bonds is 2. The summed E-state index contributed by atoms with van der Waals surface area (Å²) in [4.78, 5) is 12.5. The molecule has 25 heavy (non-hydrogen) atoms. The maximum atomic E-state index is 14.1. The van der Waals surface area contributed by atoms with Crippen LogP contribution in [-0.4, -0.2) is 31.8 Å². The Bertz CT molecular complexity index is 882. The van der Waals surface area contributed by atoms with Gasteiger partial charge in [0.2, 0.25) is 10.0 Å². The summed E-state index contributed by atoms with van der Waals surface area (Å²) < 4.78 is 67.4. The molecular formula is C16H15F3N2O3S. The summed E-state index contributed by atoms with van der Waals surface area (Å²) in [6.07, 6.45) is -3.94. The molecule has 1 aromatic rings. The van der Waals surface area contributed by atoms with E-state index < -0.39 is 33.4 Å². The Morgan fingerprint density at radius 2 is 1.96 bits per heavy atom. The van der Waals surface area contributed by atoms with E-state index in [0.29, 0.717) is 12.8 Å². The van der Waals surface area contributed by atoms with Gasteiger partial charge in [0, 0.05) is 5.92 Å². The Labute approximate surface area is 143 Å². The Kier molecular flexibility index (Phi) is 3.99. The van der Waals surface area contributed by atoms with Gasteiger partial charge in [0.25, 0.3) is 11.4 Å². The molecule has 0 saturated heterocycles.